The minimum absolute atomic E-state index is 0.192. The Kier molecular flexibility index (Phi) is 6.28. The lowest BCUT2D eigenvalue weighted by Gasteiger charge is -2.29. The average molecular weight is 451 g/mol. The summed E-state index contributed by atoms with van der Waals surface area (Å²) in [4.78, 5) is 8.36. The SMILES string of the molecule is COc1cc([C@H]2CC[C@H](COc3cc([C@@H](Cc4nnn[nH]4)C4=CC4)ccn3)CC2)c(F)cn1. The first-order chi connectivity index (χ1) is 16.2. The van der Waals surface area contributed by atoms with Crippen LogP contribution in [-0.2, 0) is 6.42 Å². The number of H-pyrrole nitrogens is 1. The predicted octanol–water partition coefficient (Wildman–Crippen LogP) is 4.15. The fraction of sp³-hybridized carbons (Fsp3) is 0.458. The molecule has 0 unspecified atom stereocenters. The maximum absolute atomic E-state index is 14.3. The summed E-state index contributed by atoms with van der Waals surface area (Å²) in [5, 5.41) is 14.2. The van der Waals surface area contributed by atoms with Gasteiger partial charge in [0.05, 0.1) is 19.9 Å². The van der Waals surface area contributed by atoms with Crippen molar-refractivity contribution in [2.75, 3.05) is 13.7 Å². The van der Waals surface area contributed by atoms with Gasteiger partial charge in [-0.05, 0) is 71.6 Å². The minimum atomic E-state index is -0.252. The van der Waals surface area contributed by atoms with E-state index in [9.17, 15) is 4.39 Å². The summed E-state index contributed by atoms with van der Waals surface area (Å²) in [6, 6.07) is 5.79. The third kappa shape index (κ3) is 5.18. The van der Waals surface area contributed by atoms with E-state index in [1.54, 1.807) is 19.4 Å². The summed E-state index contributed by atoms with van der Waals surface area (Å²) in [6.45, 7) is 0.616. The first-order valence-electron chi connectivity index (χ1n) is 11.4. The number of methoxy groups -OCH3 is 1. The lowest BCUT2D eigenvalue weighted by atomic mass is 9.79. The lowest BCUT2D eigenvalue weighted by molar-refractivity contribution is 0.193. The van der Waals surface area contributed by atoms with E-state index in [2.05, 4.69) is 36.7 Å². The number of pyridine rings is 2. The molecule has 1 N–H and O–H groups in total. The Hall–Kier alpha value is -3.36. The zero-order valence-corrected chi connectivity index (χ0v) is 18.6. The predicted molar refractivity (Wildman–Crippen MR) is 119 cm³/mol. The third-order valence-electron chi connectivity index (χ3n) is 6.66. The van der Waals surface area contributed by atoms with Crippen LogP contribution in [0.5, 0.6) is 11.8 Å². The Bertz CT molecular complexity index is 1110. The number of tetrazole rings is 1. The smallest absolute Gasteiger partial charge is 0.213 e. The van der Waals surface area contributed by atoms with Crippen LogP contribution < -0.4 is 9.47 Å². The third-order valence-corrected chi connectivity index (χ3v) is 6.66. The van der Waals surface area contributed by atoms with E-state index < -0.39 is 0 Å². The van der Waals surface area contributed by atoms with Crippen LogP contribution in [0.2, 0.25) is 0 Å². The van der Waals surface area contributed by atoms with Gasteiger partial charge in [0, 0.05) is 30.7 Å². The highest BCUT2D eigenvalue weighted by atomic mass is 19.1. The van der Waals surface area contributed by atoms with Gasteiger partial charge in [0.1, 0.15) is 11.6 Å². The molecule has 0 spiro atoms. The minimum Gasteiger partial charge on any atom is -0.481 e. The van der Waals surface area contributed by atoms with Crippen molar-refractivity contribution >= 4 is 0 Å². The standard InChI is InChI=1S/C24H27FN6O2/c1-32-23-12-20(21(25)13-27-23)17-4-2-15(3-5-17)14-33-24-10-18(8-9-26-24)19(16-6-7-16)11-22-28-30-31-29-22/h6,8-10,12-13,15,17,19H,2-5,7,11,14H2,1H3,(H,28,29,30,31)/t15-,17-,19-/m0/s1. The van der Waals surface area contributed by atoms with Crippen molar-refractivity contribution in [2.24, 2.45) is 5.92 Å². The van der Waals surface area contributed by atoms with Crippen molar-refractivity contribution < 1.29 is 13.9 Å². The second kappa shape index (κ2) is 9.64. The zero-order valence-electron chi connectivity index (χ0n) is 18.6. The number of hydrogen-bond donors (Lipinski definition) is 1. The highest BCUT2D eigenvalue weighted by molar-refractivity contribution is 5.39. The molecule has 0 aliphatic heterocycles. The summed E-state index contributed by atoms with van der Waals surface area (Å²) in [7, 11) is 1.55. The molecule has 3 heterocycles. The van der Waals surface area contributed by atoms with E-state index in [0.29, 0.717) is 29.8 Å². The number of aromatic nitrogens is 6. The van der Waals surface area contributed by atoms with Gasteiger partial charge in [-0.1, -0.05) is 11.6 Å². The van der Waals surface area contributed by atoms with Crippen LogP contribution in [0.15, 0.2) is 42.2 Å². The van der Waals surface area contributed by atoms with E-state index in [1.807, 2.05) is 12.1 Å². The molecule has 2 aliphatic rings. The molecule has 0 aromatic carbocycles. The Balaban J connectivity index is 1.17. The van der Waals surface area contributed by atoms with E-state index in [4.69, 9.17) is 9.47 Å². The second-order valence-electron chi connectivity index (χ2n) is 8.79. The molecule has 5 rings (SSSR count). The molecule has 3 aromatic heterocycles. The first-order valence-corrected chi connectivity index (χ1v) is 11.4. The molecule has 3 aromatic rings. The first kappa shape index (κ1) is 21.5. The number of allylic oxidation sites excluding steroid dienone is 2. The van der Waals surface area contributed by atoms with Gasteiger partial charge in [-0.3, -0.25) is 0 Å². The molecule has 1 fully saturated rings. The molecule has 33 heavy (non-hydrogen) atoms. The monoisotopic (exact) mass is 450 g/mol. The topological polar surface area (TPSA) is 98.7 Å². The summed E-state index contributed by atoms with van der Waals surface area (Å²) in [6.07, 6.45) is 10.9. The van der Waals surface area contributed by atoms with Crippen LogP contribution in [0.25, 0.3) is 0 Å². The fourth-order valence-electron chi connectivity index (χ4n) is 4.69. The van der Waals surface area contributed by atoms with Crippen molar-refractivity contribution in [3.63, 3.8) is 0 Å². The van der Waals surface area contributed by atoms with Crippen LogP contribution in [0.1, 0.15) is 60.9 Å². The Morgan fingerprint density at radius 1 is 1.15 bits per heavy atom. The van der Waals surface area contributed by atoms with Crippen molar-refractivity contribution in [2.45, 2.75) is 50.4 Å². The van der Waals surface area contributed by atoms with E-state index >= 15 is 0 Å². The zero-order chi connectivity index (χ0) is 22.6. The van der Waals surface area contributed by atoms with E-state index in [0.717, 1.165) is 49.9 Å². The number of aromatic amines is 1. The maximum Gasteiger partial charge on any atom is 0.213 e. The van der Waals surface area contributed by atoms with Crippen LogP contribution in [-0.4, -0.2) is 44.3 Å². The molecule has 2 aliphatic carbocycles. The van der Waals surface area contributed by atoms with Crippen molar-refractivity contribution in [1.82, 2.24) is 30.6 Å². The summed E-state index contributed by atoms with van der Waals surface area (Å²) in [5.41, 5.74) is 3.26. The van der Waals surface area contributed by atoms with Gasteiger partial charge in [-0.15, -0.1) is 5.10 Å². The normalized spacial score (nSPS) is 20.7. The molecule has 0 radical (unpaired) electrons. The fourth-order valence-corrected chi connectivity index (χ4v) is 4.69. The van der Waals surface area contributed by atoms with Crippen molar-refractivity contribution in [3.8, 4) is 11.8 Å². The number of nitrogens with zero attached hydrogens (tertiary/aromatic N) is 5. The lowest BCUT2D eigenvalue weighted by Crippen LogP contribution is -2.20. The van der Waals surface area contributed by atoms with Crippen LogP contribution in [0.3, 0.4) is 0 Å². The van der Waals surface area contributed by atoms with E-state index in [1.165, 1.54) is 11.8 Å². The molecule has 8 nitrogen and oxygen atoms in total. The molecule has 0 saturated heterocycles. The maximum atomic E-state index is 14.3. The number of ether oxygens (including phenoxy) is 2. The van der Waals surface area contributed by atoms with Crippen LogP contribution in [0, 0.1) is 11.7 Å². The molecule has 172 valence electrons. The molecule has 0 amide bonds. The van der Waals surface area contributed by atoms with Gasteiger partial charge in [0.2, 0.25) is 11.8 Å². The quantitative estimate of drug-likeness (QED) is 0.489. The highest BCUT2D eigenvalue weighted by Crippen LogP contribution is 2.39. The Morgan fingerprint density at radius 2 is 2.00 bits per heavy atom. The van der Waals surface area contributed by atoms with Crippen LogP contribution in [0.4, 0.5) is 4.39 Å². The summed E-state index contributed by atoms with van der Waals surface area (Å²) >= 11 is 0. The summed E-state index contributed by atoms with van der Waals surface area (Å²) in [5.74, 6) is 2.47. The van der Waals surface area contributed by atoms with E-state index in [-0.39, 0.29) is 17.7 Å². The van der Waals surface area contributed by atoms with Crippen LogP contribution >= 0.6 is 0 Å². The van der Waals surface area contributed by atoms with Crippen molar-refractivity contribution in [1.29, 1.82) is 0 Å². The largest absolute Gasteiger partial charge is 0.481 e. The van der Waals surface area contributed by atoms with Gasteiger partial charge in [-0.25, -0.2) is 19.5 Å². The van der Waals surface area contributed by atoms with Gasteiger partial charge in [-0.2, -0.15) is 0 Å². The molecule has 1 atom stereocenters. The van der Waals surface area contributed by atoms with Crippen molar-refractivity contribution in [3.05, 3.63) is 65.0 Å². The second-order valence-corrected chi connectivity index (χ2v) is 8.79. The average Bonchev–Trinajstić information content (AvgIpc) is 3.57. The number of rotatable bonds is 9. The number of nitrogens with one attached hydrogen (secondary N) is 1. The molecule has 0 bridgehead atoms. The Morgan fingerprint density at radius 3 is 2.73 bits per heavy atom. The van der Waals surface area contributed by atoms with Gasteiger partial charge in [0.25, 0.3) is 0 Å². The van der Waals surface area contributed by atoms with Gasteiger partial charge < -0.3 is 9.47 Å². The molecular weight excluding hydrogens is 423 g/mol. The summed E-state index contributed by atoms with van der Waals surface area (Å²) < 4.78 is 25.5. The number of hydrogen-bond acceptors (Lipinski definition) is 7. The molecular formula is C24H27FN6O2. The highest BCUT2D eigenvalue weighted by Gasteiger charge is 2.27. The number of halogens is 1. The molecule has 1 saturated carbocycles. The van der Waals surface area contributed by atoms with Gasteiger partial charge >= 0.3 is 0 Å². The molecule has 9 heteroatoms. The Labute approximate surface area is 191 Å². The van der Waals surface area contributed by atoms with Gasteiger partial charge in [0.15, 0.2) is 0 Å².